The van der Waals surface area contributed by atoms with Crippen LogP contribution in [0.15, 0.2) is 48.5 Å². The lowest BCUT2D eigenvalue weighted by atomic mass is 9.94. The number of unbranched alkanes of at least 4 members (excludes halogenated alkanes) is 3. The van der Waals surface area contributed by atoms with Gasteiger partial charge in [0.2, 0.25) is 17.7 Å². The summed E-state index contributed by atoms with van der Waals surface area (Å²) in [6, 6.07) is 11.4. The summed E-state index contributed by atoms with van der Waals surface area (Å²) in [5.74, 6) is -2.42. The quantitative estimate of drug-likeness (QED) is 0.136. The topological polar surface area (TPSA) is 157 Å². The first kappa shape index (κ1) is 41.8. The monoisotopic (exact) mass is 694 g/mol. The average Bonchev–Trinajstić information content (AvgIpc) is 3.00. The zero-order chi connectivity index (χ0) is 37.6. The summed E-state index contributed by atoms with van der Waals surface area (Å²) >= 11 is 0. The van der Waals surface area contributed by atoms with Crippen LogP contribution in [0, 0.1) is 13.8 Å². The van der Waals surface area contributed by atoms with E-state index in [1.165, 1.54) is 4.90 Å². The number of nitrogens with one attached hydrogen (secondary N) is 2. The third kappa shape index (κ3) is 14.6. The third-order valence-electron chi connectivity index (χ3n) is 7.78. The lowest BCUT2D eigenvalue weighted by Gasteiger charge is -2.36. The van der Waals surface area contributed by atoms with Gasteiger partial charge in [-0.2, -0.15) is 0 Å². The lowest BCUT2D eigenvalue weighted by molar-refractivity contribution is -0.159. The molecule has 2 aromatic carbocycles. The number of alkyl carbamates (subject to hydrolysis) is 1. The van der Waals surface area contributed by atoms with Crippen molar-refractivity contribution in [3.8, 4) is 0 Å². The summed E-state index contributed by atoms with van der Waals surface area (Å²) in [6.45, 7) is 16.4. The van der Waals surface area contributed by atoms with E-state index >= 15 is 0 Å². The fourth-order valence-corrected chi connectivity index (χ4v) is 5.44. The van der Waals surface area contributed by atoms with Crippen molar-refractivity contribution in [2.24, 2.45) is 5.73 Å². The van der Waals surface area contributed by atoms with Crippen LogP contribution < -0.4 is 16.4 Å². The first-order valence-corrected chi connectivity index (χ1v) is 17.5. The van der Waals surface area contributed by atoms with Crippen LogP contribution in [-0.2, 0) is 35.1 Å². The Morgan fingerprint density at radius 2 is 1.46 bits per heavy atom. The molecule has 0 spiro atoms. The SMILES string of the molecule is CCCCCCN(C(=O)C(CCC(N)=O)NC(=O)OC(C)(C)C)C(C(=O)NC(Cc1ccccc1)C(=O)OC(C)(C)C)c1cc(C)ccc1C. The molecule has 0 fully saturated rings. The number of esters is 1. The fraction of sp³-hybridized carbons (Fsp3) is 0.564. The zero-order valence-electron chi connectivity index (χ0n) is 31.4. The second-order valence-corrected chi connectivity index (χ2v) is 14.8. The van der Waals surface area contributed by atoms with Gasteiger partial charge >= 0.3 is 12.1 Å². The van der Waals surface area contributed by atoms with E-state index in [1.54, 1.807) is 41.5 Å². The number of carbonyl (C=O) groups excluding carboxylic acids is 5. The molecule has 50 heavy (non-hydrogen) atoms. The Bertz CT molecular complexity index is 1450. The van der Waals surface area contributed by atoms with Gasteiger partial charge in [0.05, 0.1) is 0 Å². The highest BCUT2D eigenvalue weighted by molar-refractivity contribution is 5.94. The number of hydrogen-bond acceptors (Lipinski definition) is 7. The van der Waals surface area contributed by atoms with E-state index in [0.717, 1.165) is 36.0 Å². The number of benzene rings is 2. The molecule has 11 nitrogen and oxygen atoms in total. The van der Waals surface area contributed by atoms with Gasteiger partial charge in [-0.15, -0.1) is 0 Å². The van der Waals surface area contributed by atoms with Crippen molar-refractivity contribution in [1.82, 2.24) is 15.5 Å². The normalized spacial score (nSPS) is 13.4. The zero-order valence-corrected chi connectivity index (χ0v) is 31.4. The molecule has 3 atom stereocenters. The molecular formula is C39H58N4O7. The second kappa shape index (κ2) is 19.1. The van der Waals surface area contributed by atoms with E-state index < -0.39 is 59.1 Å². The number of nitrogens with zero attached hydrogens (tertiary/aromatic N) is 1. The Hall–Kier alpha value is -4.41. The largest absolute Gasteiger partial charge is 0.458 e. The minimum atomic E-state index is -1.23. The number of carbonyl (C=O) groups is 5. The molecule has 0 bridgehead atoms. The van der Waals surface area contributed by atoms with Gasteiger partial charge in [0.1, 0.15) is 29.3 Å². The van der Waals surface area contributed by atoms with Crippen molar-refractivity contribution in [3.05, 3.63) is 70.8 Å². The summed E-state index contributed by atoms with van der Waals surface area (Å²) < 4.78 is 11.2. The van der Waals surface area contributed by atoms with Gasteiger partial charge in [-0.3, -0.25) is 14.4 Å². The van der Waals surface area contributed by atoms with Crippen LogP contribution in [0.3, 0.4) is 0 Å². The number of rotatable bonds is 17. The summed E-state index contributed by atoms with van der Waals surface area (Å²) in [6.07, 6.45) is 2.26. The Morgan fingerprint density at radius 3 is 2.04 bits per heavy atom. The van der Waals surface area contributed by atoms with Crippen LogP contribution in [-0.4, -0.2) is 64.5 Å². The van der Waals surface area contributed by atoms with Gasteiger partial charge < -0.3 is 30.7 Å². The molecule has 4 amide bonds. The van der Waals surface area contributed by atoms with E-state index in [2.05, 4.69) is 17.6 Å². The molecule has 4 N–H and O–H groups in total. The highest BCUT2D eigenvalue weighted by Crippen LogP contribution is 2.28. The molecule has 276 valence electrons. The van der Waals surface area contributed by atoms with Crippen LogP contribution in [0.5, 0.6) is 0 Å². The molecule has 0 saturated carbocycles. The molecule has 11 heteroatoms. The molecule has 0 aliphatic rings. The number of hydrogen-bond donors (Lipinski definition) is 3. The van der Waals surface area contributed by atoms with Gasteiger partial charge in [-0.25, -0.2) is 9.59 Å². The molecule has 2 rings (SSSR count). The minimum absolute atomic E-state index is 0.103. The van der Waals surface area contributed by atoms with Crippen molar-refractivity contribution in [2.75, 3.05) is 6.54 Å². The van der Waals surface area contributed by atoms with Gasteiger partial charge in [0, 0.05) is 19.4 Å². The maximum absolute atomic E-state index is 14.7. The maximum atomic E-state index is 14.7. The number of nitrogens with two attached hydrogens (primary N) is 1. The Kier molecular flexibility index (Phi) is 16.0. The van der Waals surface area contributed by atoms with Gasteiger partial charge in [-0.05, 0) is 84.9 Å². The number of primary amides is 1. The van der Waals surface area contributed by atoms with Crippen LogP contribution in [0.25, 0.3) is 0 Å². The van der Waals surface area contributed by atoms with E-state index in [1.807, 2.05) is 62.4 Å². The summed E-state index contributed by atoms with van der Waals surface area (Å²) in [4.78, 5) is 69.3. The molecule has 0 aliphatic carbocycles. The fourth-order valence-electron chi connectivity index (χ4n) is 5.44. The molecule has 0 aliphatic heterocycles. The van der Waals surface area contributed by atoms with Crippen LogP contribution in [0.1, 0.15) is 115 Å². The van der Waals surface area contributed by atoms with E-state index in [-0.39, 0.29) is 25.8 Å². The maximum Gasteiger partial charge on any atom is 0.408 e. The molecular weight excluding hydrogens is 636 g/mol. The van der Waals surface area contributed by atoms with Crippen molar-refractivity contribution < 1.29 is 33.4 Å². The number of amides is 4. The van der Waals surface area contributed by atoms with Crippen LogP contribution in [0.2, 0.25) is 0 Å². The number of ether oxygens (including phenoxy) is 2. The van der Waals surface area contributed by atoms with Gasteiger partial charge in [0.25, 0.3) is 0 Å². The summed E-state index contributed by atoms with van der Waals surface area (Å²) in [5, 5.41) is 5.57. The van der Waals surface area contributed by atoms with Crippen molar-refractivity contribution >= 4 is 29.8 Å². The average molecular weight is 695 g/mol. The highest BCUT2D eigenvalue weighted by atomic mass is 16.6. The number of aryl methyl sites for hydroxylation is 2. The highest BCUT2D eigenvalue weighted by Gasteiger charge is 2.39. The molecule has 3 unspecified atom stereocenters. The predicted octanol–water partition coefficient (Wildman–Crippen LogP) is 5.98. The molecule has 0 saturated heterocycles. The lowest BCUT2D eigenvalue weighted by Crippen LogP contribution is -2.55. The molecule has 0 heterocycles. The first-order chi connectivity index (χ1) is 23.3. The van der Waals surface area contributed by atoms with Crippen LogP contribution in [0.4, 0.5) is 4.79 Å². The van der Waals surface area contributed by atoms with Gasteiger partial charge in [0.15, 0.2) is 0 Å². The van der Waals surface area contributed by atoms with Crippen molar-refractivity contribution in [1.29, 1.82) is 0 Å². The predicted molar refractivity (Wildman–Crippen MR) is 194 cm³/mol. The first-order valence-electron chi connectivity index (χ1n) is 17.5. The Labute approximate surface area is 298 Å². The van der Waals surface area contributed by atoms with Crippen LogP contribution >= 0.6 is 0 Å². The van der Waals surface area contributed by atoms with E-state index in [0.29, 0.717) is 12.0 Å². The Balaban J connectivity index is 2.70. The molecule has 2 aromatic rings. The Morgan fingerprint density at radius 1 is 0.820 bits per heavy atom. The smallest absolute Gasteiger partial charge is 0.408 e. The summed E-state index contributed by atoms with van der Waals surface area (Å²) in [5.41, 5.74) is 6.82. The summed E-state index contributed by atoms with van der Waals surface area (Å²) in [7, 11) is 0. The van der Waals surface area contributed by atoms with Crippen molar-refractivity contribution in [2.45, 2.75) is 137 Å². The second-order valence-electron chi connectivity index (χ2n) is 14.8. The molecule has 0 radical (unpaired) electrons. The third-order valence-corrected chi connectivity index (χ3v) is 7.78. The van der Waals surface area contributed by atoms with E-state index in [9.17, 15) is 24.0 Å². The van der Waals surface area contributed by atoms with E-state index in [4.69, 9.17) is 15.2 Å². The van der Waals surface area contributed by atoms with Crippen molar-refractivity contribution in [3.63, 3.8) is 0 Å². The standard InChI is InChI=1S/C39H58N4O7/c1-10-11-12-16-23-43(35(46)30(21-22-32(40)44)42-37(48)50-39(7,8)9)33(29-24-26(2)19-20-27(29)3)34(45)41-31(36(47)49-38(4,5)6)25-28-17-14-13-15-18-28/h13-15,17-20,24,30-31,33H,10-12,16,21-23,25H2,1-9H3,(H2,40,44)(H,41,45)(H,42,48). The molecule has 0 aromatic heterocycles. The van der Waals surface area contributed by atoms with Gasteiger partial charge in [-0.1, -0.05) is 80.3 Å². The minimum Gasteiger partial charge on any atom is -0.458 e.